The molecule has 1 aromatic heterocycles. The van der Waals surface area contributed by atoms with Gasteiger partial charge in [0.2, 0.25) is 5.91 Å². The Hall–Kier alpha value is -0.580. The van der Waals surface area contributed by atoms with Gasteiger partial charge in [-0.25, -0.2) is 0 Å². The lowest BCUT2D eigenvalue weighted by molar-refractivity contribution is -0.135. The Morgan fingerprint density at radius 3 is 2.75 bits per heavy atom. The summed E-state index contributed by atoms with van der Waals surface area (Å²) in [6, 6.07) is 4.05. The highest BCUT2D eigenvalue weighted by Crippen LogP contribution is 2.13. The Morgan fingerprint density at radius 2 is 2.31 bits per heavy atom. The van der Waals surface area contributed by atoms with Gasteiger partial charge in [-0.15, -0.1) is 23.7 Å². The first-order chi connectivity index (χ1) is 7.19. The van der Waals surface area contributed by atoms with Crippen LogP contribution in [0.4, 0.5) is 0 Å². The van der Waals surface area contributed by atoms with Gasteiger partial charge in [-0.05, 0) is 18.4 Å². The molecule has 0 saturated heterocycles. The highest BCUT2D eigenvalue weighted by molar-refractivity contribution is 7.09. The molecule has 92 valence electrons. The maximum Gasteiger partial charge on any atom is 0.226 e. The highest BCUT2D eigenvalue weighted by atomic mass is 35.5. The van der Waals surface area contributed by atoms with Gasteiger partial charge in [0, 0.05) is 23.9 Å². The summed E-state index contributed by atoms with van der Waals surface area (Å²) in [5, 5.41) is 2.03. The lowest BCUT2D eigenvalue weighted by Gasteiger charge is -2.23. The van der Waals surface area contributed by atoms with Gasteiger partial charge in [0.25, 0.3) is 0 Å². The summed E-state index contributed by atoms with van der Waals surface area (Å²) in [6.45, 7) is 5.73. The Balaban J connectivity index is 0.00000225. The van der Waals surface area contributed by atoms with Crippen molar-refractivity contribution in [3.63, 3.8) is 0 Å². The molecule has 0 bridgehead atoms. The van der Waals surface area contributed by atoms with E-state index in [0.29, 0.717) is 13.1 Å². The van der Waals surface area contributed by atoms with Crippen LogP contribution in [0.25, 0.3) is 0 Å². The first-order valence-corrected chi connectivity index (χ1v) is 6.08. The molecule has 0 spiro atoms. The van der Waals surface area contributed by atoms with E-state index in [1.165, 1.54) is 4.88 Å². The van der Waals surface area contributed by atoms with Crippen LogP contribution >= 0.6 is 23.7 Å². The highest BCUT2D eigenvalue weighted by Gasteiger charge is 2.18. The molecule has 1 atom stereocenters. The van der Waals surface area contributed by atoms with Crippen molar-refractivity contribution < 1.29 is 4.79 Å². The fourth-order valence-electron chi connectivity index (χ4n) is 1.35. The van der Waals surface area contributed by atoms with Gasteiger partial charge in [-0.3, -0.25) is 4.79 Å². The average molecular weight is 263 g/mol. The van der Waals surface area contributed by atoms with Crippen molar-refractivity contribution in [2.75, 3.05) is 13.1 Å². The SMILES string of the molecule is CCN(Cc1cccs1)C(=O)C(C)CN.Cl. The fourth-order valence-corrected chi connectivity index (χ4v) is 2.07. The van der Waals surface area contributed by atoms with Crippen molar-refractivity contribution in [3.8, 4) is 0 Å². The molecule has 1 heterocycles. The Bertz CT molecular complexity index is 303. The van der Waals surface area contributed by atoms with Crippen LogP contribution in [0.15, 0.2) is 17.5 Å². The summed E-state index contributed by atoms with van der Waals surface area (Å²) in [7, 11) is 0. The third-order valence-electron chi connectivity index (χ3n) is 2.40. The summed E-state index contributed by atoms with van der Waals surface area (Å²) in [5.41, 5.74) is 5.49. The molecule has 0 fully saturated rings. The largest absolute Gasteiger partial charge is 0.338 e. The number of thiophene rings is 1. The van der Waals surface area contributed by atoms with Crippen molar-refractivity contribution in [2.45, 2.75) is 20.4 Å². The van der Waals surface area contributed by atoms with Crippen LogP contribution in [0.3, 0.4) is 0 Å². The van der Waals surface area contributed by atoms with E-state index < -0.39 is 0 Å². The number of carbonyl (C=O) groups excluding carboxylic acids is 1. The Kier molecular flexibility index (Phi) is 7.38. The molecule has 0 aliphatic heterocycles. The van der Waals surface area contributed by atoms with E-state index in [9.17, 15) is 4.79 Å². The lowest BCUT2D eigenvalue weighted by atomic mass is 10.1. The lowest BCUT2D eigenvalue weighted by Crippen LogP contribution is -2.37. The zero-order chi connectivity index (χ0) is 11.3. The van der Waals surface area contributed by atoms with Crippen LogP contribution in [-0.4, -0.2) is 23.9 Å². The van der Waals surface area contributed by atoms with Gasteiger partial charge in [0.15, 0.2) is 0 Å². The predicted octanol–water partition coefficient (Wildman–Crippen LogP) is 2.11. The molecule has 5 heteroatoms. The zero-order valence-corrected chi connectivity index (χ0v) is 11.3. The number of rotatable bonds is 5. The van der Waals surface area contributed by atoms with E-state index in [1.807, 2.05) is 36.3 Å². The normalized spacial score (nSPS) is 11.7. The second kappa shape index (κ2) is 7.65. The quantitative estimate of drug-likeness (QED) is 0.884. The first kappa shape index (κ1) is 15.4. The first-order valence-electron chi connectivity index (χ1n) is 5.20. The number of nitrogens with two attached hydrogens (primary N) is 1. The molecule has 0 saturated carbocycles. The molecule has 1 unspecified atom stereocenters. The summed E-state index contributed by atoms with van der Waals surface area (Å²) in [6.07, 6.45) is 0. The third-order valence-corrected chi connectivity index (χ3v) is 3.26. The van der Waals surface area contributed by atoms with E-state index in [4.69, 9.17) is 5.73 Å². The minimum atomic E-state index is -0.0788. The number of halogens is 1. The molecule has 1 aromatic rings. The van der Waals surface area contributed by atoms with E-state index in [2.05, 4.69) is 0 Å². The Labute approximate surface area is 107 Å². The maximum absolute atomic E-state index is 11.9. The van der Waals surface area contributed by atoms with Crippen molar-refractivity contribution in [1.82, 2.24) is 4.90 Å². The molecule has 1 rings (SSSR count). The monoisotopic (exact) mass is 262 g/mol. The standard InChI is InChI=1S/C11H18N2OS.ClH/c1-3-13(11(14)9(2)7-12)8-10-5-4-6-15-10;/h4-6,9H,3,7-8,12H2,1-2H3;1H. The second-order valence-corrected chi connectivity index (χ2v) is 4.60. The van der Waals surface area contributed by atoms with Crippen molar-refractivity contribution in [2.24, 2.45) is 11.7 Å². The number of hydrogen-bond acceptors (Lipinski definition) is 3. The van der Waals surface area contributed by atoms with Crippen LogP contribution in [0.1, 0.15) is 18.7 Å². The minimum absolute atomic E-state index is 0. The molecule has 0 aliphatic rings. The molecule has 2 N–H and O–H groups in total. The molecular weight excluding hydrogens is 244 g/mol. The molecule has 3 nitrogen and oxygen atoms in total. The van der Waals surface area contributed by atoms with Gasteiger partial charge in [0.05, 0.1) is 6.54 Å². The third kappa shape index (κ3) is 4.12. The maximum atomic E-state index is 11.9. The number of amides is 1. The summed E-state index contributed by atoms with van der Waals surface area (Å²) >= 11 is 1.68. The van der Waals surface area contributed by atoms with Crippen LogP contribution in [0, 0.1) is 5.92 Å². The van der Waals surface area contributed by atoms with Crippen LogP contribution < -0.4 is 5.73 Å². The summed E-state index contributed by atoms with van der Waals surface area (Å²) in [5.74, 6) is 0.0679. The van der Waals surface area contributed by atoms with Gasteiger partial charge in [-0.2, -0.15) is 0 Å². The van der Waals surface area contributed by atoms with Crippen LogP contribution in [0.2, 0.25) is 0 Å². The number of hydrogen-bond donors (Lipinski definition) is 1. The summed E-state index contributed by atoms with van der Waals surface area (Å²) in [4.78, 5) is 14.9. The topological polar surface area (TPSA) is 46.3 Å². The molecule has 16 heavy (non-hydrogen) atoms. The van der Waals surface area contributed by atoms with Gasteiger partial charge >= 0.3 is 0 Å². The molecular formula is C11H19ClN2OS. The predicted molar refractivity (Wildman–Crippen MR) is 70.9 cm³/mol. The summed E-state index contributed by atoms with van der Waals surface area (Å²) < 4.78 is 0. The van der Waals surface area contributed by atoms with E-state index in [-0.39, 0.29) is 24.2 Å². The van der Waals surface area contributed by atoms with Crippen LogP contribution in [-0.2, 0) is 11.3 Å². The van der Waals surface area contributed by atoms with Crippen molar-refractivity contribution in [1.29, 1.82) is 0 Å². The molecule has 1 amide bonds. The smallest absolute Gasteiger partial charge is 0.226 e. The number of nitrogens with zero attached hydrogens (tertiary/aromatic N) is 1. The molecule has 0 aromatic carbocycles. The zero-order valence-electron chi connectivity index (χ0n) is 9.68. The Morgan fingerprint density at radius 1 is 1.62 bits per heavy atom. The second-order valence-electron chi connectivity index (χ2n) is 3.57. The molecule has 0 aliphatic carbocycles. The van der Waals surface area contributed by atoms with Crippen molar-refractivity contribution in [3.05, 3.63) is 22.4 Å². The van der Waals surface area contributed by atoms with E-state index in [0.717, 1.165) is 6.54 Å². The van der Waals surface area contributed by atoms with Gasteiger partial charge in [0.1, 0.15) is 0 Å². The molecule has 0 radical (unpaired) electrons. The fraction of sp³-hybridized carbons (Fsp3) is 0.545. The number of carbonyl (C=O) groups is 1. The van der Waals surface area contributed by atoms with Crippen molar-refractivity contribution >= 4 is 29.7 Å². The minimum Gasteiger partial charge on any atom is -0.338 e. The van der Waals surface area contributed by atoms with E-state index in [1.54, 1.807) is 11.3 Å². The van der Waals surface area contributed by atoms with Crippen LogP contribution in [0.5, 0.6) is 0 Å². The average Bonchev–Trinajstić information content (AvgIpc) is 2.76. The van der Waals surface area contributed by atoms with Gasteiger partial charge < -0.3 is 10.6 Å². The van der Waals surface area contributed by atoms with Gasteiger partial charge in [-0.1, -0.05) is 13.0 Å². The van der Waals surface area contributed by atoms with E-state index >= 15 is 0 Å².